The van der Waals surface area contributed by atoms with Crippen LogP contribution in [-0.2, 0) is 14.3 Å². The monoisotopic (exact) mass is 315 g/mol. The Balaban J connectivity index is 2.23. The summed E-state index contributed by atoms with van der Waals surface area (Å²) in [5.74, 6) is -0.708. The number of phenols is 1. The fraction of sp³-hybridized carbons (Fsp3) is 0.214. The number of Topliss-reactive ketones (excluding diaryl/α,β-unsaturated/α-hetero) is 1. The number of ether oxygens (including phenoxy) is 1. The van der Waals surface area contributed by atoms with Crippen LogP contribution in [-0.4, -0.2) is 44.2 Å². The first-order valence-electron chi connectivity index (χ1n) is 6.70. The molecule has 118 valence electrons. The van der Waals surface area contributed by atoms with Gasteiger partial charge < -0.3 is 15.2 Å². The normalized spacial score (nSPS) is 16.5. The number of aromatic hydroxyl groups is 1. The number of anilines is 1. The molecule has 0 fully saturated rings. The zero-order valence-corrected chi connectivity index (χ0v) is 12.3. The number of carbonyl (C=O) groups is 2. The summed E-state index contributed by atoms with van der Waals surface area (Å²) in [5.41, 5.74) is 0.826. The molecule has 1 aliphatic heterocycles. The highest BCUT2D eigenvalue weighted by molar-refractivity contribution is 6.05. The standard InChI is InChI=1S/C14H13N5O4/c1-7(20)10-11(13(22)23-2)15-14-16-17-18-19(14)12(10)8-3-5-9(21)6-4-8/h3-6,12,21H,1-2H3,(H,15,16,18)/t12-/m0/s1. The number of benzene rings is 1. The molecule has 2 N–H and O–H groups in total. The summed E-state index contributed by atoms with van der Waals surface area (Å²) in [6, 6.07) is 5.53. The van der Waals surface area contributed by atoms with Gasteiger partial charge in [0.25, 0.3) is 0 Å². The van der Waals surface area contributed by atoms with Gasteiger partial charge in [0.15, 0.2) is 5.78 Å². The molecule has 0 saturated carbocycles. The highest BCUT2D eigenvalue weighted by Gasteiger charge is 2.36. The van der Waals surface area contributed by atoms with Gasteiger partial charge in [0, 0.05) is 0 Å². The number of hydrogen-bond acceptors (Lipinski definition) is 8. The minimum Gasteiger partial charge on any atom is -0.508 e. The number of allylic oxidation sites excluding steroid dienone is 1. The van der Waals surface area contributed by atoms with Gasteiger partial charge in [-0.05, 0) is 35.0 Å². The number of hydrogen-bond donors (Lipinski definition) is 2. The molecule has 0 unspecified atom stereocenters. The van der Waals surface area contributed by atoms with E-state index in [1.165, 1.54) is 30.8 Å². The zero-order chi connectivity index (χ0) is 16.6. The maximum Gasteiger partial charge on any atom is 0.355 e. The lowest BCUT2D eigenvalue weighted by atomic mass is 9.93. The molecule has 9 heteroatoms. The second kappa shape index (κ2) is 5.52. The van der Waals surface area contributed by atoms with E-state index in [-0.39, 0.29) is 28.8 Å². The van der Waals surface area contributed by atoms with Gasteiger partial charge in [0.1, 0.15) is 17.5 Å². The molecule has 0 saturated heterocycles. The van der Waals surface area contributed by atoms with Crippen LogP contribution in [0, 0.1) is 0 Å². The van der Waals surface area contributed by atoms with Crippen molar-refractivity contribution in [2.75, 3.05) is 12.4 Å². The maximum atomic E-state index is 12.2. The van der Waals surface area contributed by atoms with Crippen molar-refractivity contribution in [1.29, 1.82) is 0 Å². The summed E-state index contributed by atoms with van der Waals surface area (Å²) in [5, 5.41) is 23.4. The van der Waals surface area contributed by atoms with Crippen molar-refractivity contribution in [2.45, 2.75) is 13.0 Å². The molecule has 2 heterocycles. The SMILES string of the molecule is COC(=O)C1=C(C(C)=O)[C@H](c2ccc(O)cc2)n2nnnc2N1. The molecule has 1 aliphatic rings. The topological polar surface area (TPSA) is 119 Å². The molecular weight excluding hydrogens is 302 g/mol. The van der Waals surface area contributed by atoms with Crippen molar-refractivity contribution in [3.8, 4) is 5.75 Å². The molecule has 3 rings (SSSR count). The summed E-state index contributed by atoms with van der Waals surface area (Å²) < 4.78 is 6.13. The summed E-state index contributed by atoms with van der Waals surface area (Å²) in [6.07, 6.45) is 0. The third kappa shape index (κ3) is 2.41. The number of nitrogens with one attached hydrogen (secondary N) is 1. The number of tetrazole rings is 1. The summed E-state index contributed by atoms with van der Waals surface area (Å²) in [7, 11) is 1.22. The van der Waals surface area contributed by atoms with E-state index in [0.717, 1.165) is 0 Å². The van der Waals surface area contributed by atoms with E-state index in [2.05, 4.69) is 20.8 Å². The van der Waals surface area contributed by atoms with E-state index < -0.39 is 12.0 Å². The van der Waals surface area contributed by atoms with Gasteiger partial charge in [-0.2, -0.15) is 4.68 Å². The third-order valence-corrected chi connectivity index (χ3v) is 3.49. The van der Waals surface area contributed by atoms with Crippen molar-refractivity contribution in [3.05, 3.63) is 41.1 Å². The van der Waals surface area contributed by atoms with Crippen molar-refractivity contribution >= 4 is 17.7 Å². The first-order chi connectivity index (χ1) is 11.0. The van der Waals surface area contributed by atoms with Crippen molar-refractivity contribution in [3.63, 3.8) is 0 Å². The summed E-state index contributed by atoms with van der Waals surface area (Å²) in [6.45, 7) is 1.35. The minimum atomic E-state index is -0.701. The Morgan fingerprint density at radius 2 is 2.00 bits per heavy atom. The van der Waals surface area contributed by atoms with Crippen LogP contribution in [0.4, 0.5) is 5.95 Å². The minimum absolute atomic E-state index is 0.000347. The highest BCUT2D eigenvalue weighted by Crippen LogP contribution is 2.35. The highest BCUT2D eigenvalue weighted by atomic mass is 16.5. The fourth-order valence-corrected chi connectivity index (χ4v) is 2.48. The lowest BCUT2D eigenvalue weighted by molar-refractivity contribution is -0.136. The van der Waals surface area contributed by atoms with Gasteiger partial charge in [-0.15, -0.1) is 0 Å². The van der Waals surface area contributed by atoms with Crippen molar-refractivity contribution < 1.29 is 19.4 Å². The van der Waals surface area contributed by atoms with Gasteiger partial charge >= 0.3 is 5.97 Å². The van der Waals surface area contributed by atoms with Crippen LogP contribution in [0.1, 0.15) is 18.5 Å². The van der Waals surface area contributed by atoms with Gasteiger partial charge in [0.2, 0.25) is 5.95 Å². The van der Waals surface area contributed by atoms with Crippen molar-refractivity contribution in [1.82, 2.24) is 20.2 Å². The average molecular weight is 315 g/mol. The molecule has 0 radical (unpaired) electrons. The quantitative estimate of drug-likeness (QED) is 0.782. The lowest BCUT2D eigenvalue weighted by Gasteiger charge is -2.27. The second-order valence-electron chi connectivity index (χ2n) is 4.90. The molecular formula is C14H13N5O4. The number of carbonyl (C=O) groups excluding carboxylic acids is 2. The molecule has 23 heavy (non-hydrogen) atoms. The van der Waals surface area contributed by atoms with E-state index in [4.69, 9.17) is 4.74 Å². The van der Waals surface area contributed by atoms with Gasteiger partial charge in [0.05, 0.1) is 12.7 Å². The molecule has 1 aromatic heterocycles. The van der Waals surface area contributed by atoms with Crippen LogP contribution >= 0.6 is 0 Å². The number of phenolic OH excluding ortho intramolecular Hbond substituents is 1. The van der Waals surface area contributed by atoms with E-state index >= 15 is 0 Å². The Morgan fingerprint density at radius 1 is 1.30 bits per heavy atom. The second-order valence-corrected chi connectivity index (χ2v) is 4.90. The average Bonchev–Trinajstić information content (AvgIpc) is 3.01. The molecule has 0 amide bonds. The Hall–Kier alpha value is -3.23. The van der Waals surface area contributed by atoms with E-state index in [1.807, 2.05) is 0 Å². The Labute approximate surface area is 130 Å². The smallest absolute Gasteiger partial charge is 0.355 e. The van der Waals surface area contributed by atoms with Crippen LogP contribution in [0.3, 0.4) is 0 Å². The third-order valence-electron chi connectivity index (χ3n) is 3.49. The number of aromatic nitrogens is 4. The predicted octanol–water partition coefficient (Wildman–Crippen LogP) is 0.410. The Morgan fingerprint density at radius 3 is 2.61 bits per heavy atom. The van der Waals surface area contributed by atoms with Crippen molar-refractivity contribution in [2.24, 2.45) is 0 Å². The van der Waals surface area contributed by atoms with Crippen LogP contribution < -0.4 is 5.32 Å². The Kier molecular flexibility index (Phi) is 3.53. The van der Waals surface area contributed by atoms with Gasteiger partial charge in [-0.25, -0.2) is 4.79 Å². The molecule has 0 aliphatic carbocycles. The van der Waals surface area contributed by atoms with Crippen LogP contribution in [0.25, 0.3) is 0 Å². The number of ketones is 1. The fourth-order valence-electron chi connectivity index (χ4n) is 2.48. The van der Waals surface area contributed by atoms with Crippen LogP contribution in [0.5, 0.6) is 5.75 Å². The first kappa shape index (κ1) is 14.7. The molecule has 2 aromatic rings. The zero-order valence-electron chi connectivity index (χ0n) is 12.3. The lowest BCUT2D eigenvalue weighted by Crippen LogP contribution is -2.32. The van der Waals surface area contributed by atoms with E-state index in [0.29, 0.717) is 5.56 Å². The predicted molar refractivity (Wildman–Crippen MR) is 77.4 cm³/mol. The summed E-state index contributed by atoms with van der Waals surface area (Å²) in [4.78, 5) is 24.2. The summed E-state index contributed by atoms with van der Waals surface area (Å²) >= 11 is 0. The number of nitrogens with zero attached hydrogens (tertiary/aromatic N) is 4. The Bertz CT molecular complexity index is 809. The maximum absolute atomic E-state index is 12.2. The number of methoxy groups -OCH3 is 1. The van der Waals surface area contributed by atoms with E-state index in [1.54, 1.807) is 12.1 Å². The molecule has 9 nitrogen and oxygen atoms in total. The van der Waals surface area contributed by atoms with Gasteiger partial charge in [-0.3, -0.25) is 4.79 Å². The molecule has 0 spiro atoms. The van der Waals surface area contributed by atoms with E-state index in [9.17, 15) is 14.7 Å². The number of esters is 1. The largest absolute Gasteiger partial charge is 0.508 e. The van der Waals surface area contributed by atoms with Crippen LogP contribution in [0.15, 0.2) is 35.5 Å². The molecule has 1 atom stereocenters. The number of fused-ring (bicyclic) bond motifs is 1. The molecule has 1 aromatic carbocycles. The molecule has 0 bridgehead atoms. The van der Waals surface area contributed by atoms with Gasteiger partial charge in [-0.1, -0.05) is 17.2 Å². The first-order valence-corrected chi connectivity index (χ1v) is 6.70. The number of rotatable bonds is 3. The van der Waals surface area contributed by atoms with Crippen LogP contribution in [0.2, 0.25) is 0 Å².